The first kappa shape index (κ1) is 19.0. The first-order valence-electron chi connectivity index (χ1n) is 11.7. The molecule has 2 aromatic heterocycles. The van der Waals surface area contributed by atoms with Gasteiger partial charge in [-0.2, -0.15) is 0 Å². The normalized spacial score (nSPS) is 16.5. The van der Waals surface area contributed by atoms with E-state index in [0.29, 0.717) is 37.3 Å². The average Bonchev–Trinajstić information content (AvgIpc) is 2.81. The van der Waals surface area contributed by atoms with Crippen molar-refractivity contribution in [1.29, 1.82) is 0 Å². The Morgan fingerprint density at radius 3 is 2.67 bits per heavy atom. The molecule has 0 unspecified atom stereocenters. The van der Waals surface area contributed by atoms with Crippen molar-refractivity contribution in [3.8, 4) is 0 Å². The Morgan fingerprint density at radius 1 is 1.21 bits per heavy atom. The molecule has 1 aromatic carbocycles. The van der Waals surface area contributed by atoms with E-state index in [1.54, 1.807) is 22.3 Å². The number of aryl methyl sites for hydroxylation is 1. The van der Waals surface area contributed by atoms with E-state index in [9.17, 15) is 18.4 Å². The monoisotopic (exact) mass is 463 g/mol. The van der Waals surface area contributed by atoms with Gasteiger partial charge in [0.15, 0.2) is 5.82 Å². The summed E-state index contributed by atoms with van der Waals surface area (Å²) in [4.78, 5) is 37.9. The van der Waals surface area contributed by atoms with Crippen LogP contribution in [0.3, 0.4) is 0 Å². The van der Waals surface area contributed by atoms with Crippen molar-refractivity contribution in [1.82, 2.24) is 25.2 Å². The van der Waals surface area contributed by atoms with Crippen molar-refractivity contribution in [3.05, 3.63) is 63.1 Å². The largest absolute Gasteiger partial charge is 0.367 e. The van der Waals surface area contributed by atoms with E-state index in [1.807, 2.05) is 4.90 Å². The van der Waals surface area contributed by atoms with Crippen molar-refractivity contribution in [3.63, 3.8) is 0 Å². The maximum atomic E-state index is 15.0. The van der Waals surface area contributed by atoms with Crippen molar-refractivity contribution < 1.29 is 22.1 Å². The minimum Gasteiger partial charge on any atom is -0.367 e. The molecule has 1 aliphatic rings. The van der Waals surface area contributed by atoms with Crippen LogP contribution < -0.4 is 15.8 Å². The lowest BCUT2D eigenvalue weighted by molar-refractivity contribution is 0.0956. The highest BCUT2D eigenvalue weighted by Crippen LogP contribution is 2.29. The van der Waals surface area contributed by atoms with E-state index in [0.717, 1.165) is 0 Å². The number of nitrogens with zero attached hydrogens (tertiary/aromatic N) is 4. The maximum absolute atomic E-state index is 15.0. The minimum atomic E-state index is -2.98. The fourth-order valence-corrected chi connectivity index (χ4v) is 3.85. The van der Waals surface area contributed by atoms with Crippen LogP contribution in [0.2, 0.25) is 0 Å². The van der Waals surface area contributed by atoms with Gasteiger partial charge in [-0.05, 0) is 25.1 Å². The number of aromatic amines is 1. The third kappa shape index (κ3) is 4.54. The van der Waals surface area contributed by atoms with E-state index in [4.69, 9.17) is 4.11 Å². The number of piperazine rings is 1. The number of hydrogen-bond acceptors (Lipinski definition) is 6. The predicted molar refractivity (Wildman–Crippen MR) is 117 cm³/mol. The standard InChI is InChI=1S/C22H23F3N6O2/c1-12-21(32)29-18-14(27-12)4-3-13(17(18)23)11-30-7-9-31(10-8-30)16-6-5-15(22(33)26-2)28-19(16)20(24)25/h3-6,20H,7-11H2,1-2H3,(H,26,33)(H,29,32)/i2D3. The van der Waals surface area contributed by atoms with Crippen LogP contribution in [0.1, 0.15) is 38.0 Å². The van der Waals surface area contributed by atoms with Crippen LogP contribution >= 0.6 is 0 Å². The predicted octanol–water partition coefficient (Wildman–Crippen LogP) is 2.39. The Morgan fingerprint density at radius 2 is 1.97 bits per heavy atom. The van der Waals surface area contributed by atoms with Crippen molar-refractivity contribution in [2.75, 3.05) is 38.1 Å². The molecule has 0 saturated carbocycles. The molecule has 0 atom stereocenters. The number of benzene rings is 1. The fraction of sp³-hybridized carbons (Fsp3) is 0.364. The van der Waals surface area contributed by atoms with Gasteiger partial charge in [-0.1, -0.05) is 6.07 Å². The Bertz CT molecular complexity index is 1360. The number of alkyl halides is 2. The van der Waals surface area contributed by atoms with Crippen LogP contribution in [-0.2, 0) is 6.54 Å². The Balaban J connectivity index is 1.47. The van der Waals surface area contributed by atoms with Gasteiger partial charge >= 0.3 is 0 Å². The van der Waals surface area contributed by atoms with Gasteiger partial charge in [0.25, 0.3) is 17.9 Å². The molecule has 2 N–H and O–H groups in total. The van der Waals surface area contributed by atoms with Crippen LogP contribution in [0.5, 0.6) is 0 Å². The third-order valence-corrected chi connectivity index (χ3v) is 5.62. The van der Waals surface area contributed by atoms with Crippen LogP contribution in [0, 0.1) is 12.7 Å². The zero-order chi connectivity index (χ0) is 26.2. The van der Waals surface area contributed by atoms with E-state index < -0.39 is 42.1 Å². The molecule has 1 amide bonds. The lowest BCUT2D eigenvalue weighted by Gasteiger charge is -2.36. The topological polar surface area (TPSA) is 94.2 Å². The van der Waals surface area contributed by atoms with Gasteiger partial charge in [0, 0.05) is 49.4 Å². The van der Waals surface area contributed by atoms with Crippen LogP contribution in [0.15, 0.2) is 29.1 Å². The first-order valence-corrected chi connectivity index (χ1v) is 10.2. The number of H-pyrrole nitrogens is 1. The quantitative estimate of drug-likeness (QED) is 0.604. The molecular formula is C22H23F3N6O2. The molecule has 1 aliphatic heterocycles. The molecule has 33 heavy (non-hydrogen) atoms. The summed E-state index contributed by atoms with van der Waals surface area (Å²) in [6, 6.07) is 5.77. The molecule has 1 fully saturated rings. The van der Waals surface area contributed by atoms with Crippen LogP contribution in [0.4, 0.5) is 18.9 Å². The number of rotatable bonds is 5. The Hall–Kier alpha value is -3.47. The number of carbonyl (C=O) groups is 1. The van der Waals surface area contributed by atoms with Gasteiger partial charge in [-0.15, -0.1) is 0 Å². The van der Waals surface area contributed by atoms with Gasteiger partial charge in [-0.25, -0.2) is 23.1 Å². The molecule has 174 valence electrons. The van der Waals surface area contributed by atoms with E-state index in [-0.39, 0.29) is 23.4 Å². The second-order valence-corrected chi connectivity index (χ2v) is 7.70. The number of hydrogen-bond donors (Lipinski definition) is 2. The van der Waals surface area contributed by atoms with Crippen molar-refractivity contribution in [2.45, 2.75) is 19.9 Å². The van der Waals surface area contributed by atoms with Crippen LogP contribution in [-0.4, -0.2) is 58.9 Å². The molecule has 0 spiro atoms. The summed E-state index contributed by atoms with van der Waals surface area (Å²) in [6.45, 7) is 0.573. The molecule has 8 nitrogen and oxygen atoms in total. The summed E-state index contributed by atoms with van der Waals surface area (Å²) in [5, 5.41) is 1.73. The number of carbonyl (C=O) groups excluding carboxylic acids is 1. The van der Waals surface area contributed by atoms with E-state index in [1.165, 1.54) is 19.1 Å². The third-order valence-electron chi connectivity index (χ3n) is 5.62. The number of pyridine rings is 1. The molecule has 0 bridgehead atoms. The van der Waals surface area contributed by atoms with Crippen LogP contribution in [0.25, 0.3) is 11.0 Å². The number of fused-ring (bicyclic) bond motifs is 1. The summed E-state index contributed by atoms with van der Waals surface area (Å²) in [5.74, 6) is -1.63. The second kappa shape index (κ2) is 9.18. The van der Waals surface area contributed by atoms with Gasteiger partial charge in [0.05, 0.1) is 11.2 Å². The molecule has 4 rings (SSSR count). The number of aromatic nitrogens is 3. The van der Waals surface area contributed by atoms with Crippen molar-refractivity contribution >= 4 is 22.6 Å². The lowest BCUT2D eigenvalue weighted by Crippen LogP contribution is -2.46. The molecule has 3 aromatic rings. The second-order valence-electron chi connectivity index (χ2n) is 7.70. The minimum absolute atomic E-state index is 0.0389. The first-order chi connectivity index (χ1) is 16.9. The Kier molecular flexibility index (Phi) is 5.30. The van der Waals surface area contributed by atoms with Crippen molar-refractivity contribution in [2.24, 2.45) is 0 Å². The number of halogens is 3. The SMILES string of the molecule is [2H]C([2H])([2H])NC(=O)c1ccc(N2CCN(Cc3ccc4nc(C)c(=O)[nH]c4c3F)CC2)c(C(F)F)n1. The molecule has 0 radical (unpaired) electrons. The number of nitrogens with one attached hydrogen (secondary N) is 2. The fourth-order valence-electron chi connectivity index (χ4n) is 3.85. The molecule has 1 saturated heterocycles. The van der Waals surface area contributed by atoms with E-state index in [2.05, 4.69) is 15.0 Å². The molecule has 3 heterocycles. The van der Waals surface area contributed by atoms with Gasteiger partial charge < -0.3 is 15.2 Å². The van der Waals surface area contributed by atoms with Gasteiger partial charge in [0.2, 0.25) is 0 Å². The summed E-state index contributed by atoms with van der Waals surface area (Å²) >= 11 is 0. The summed E-state index contributed by atoms with van der Waals surface area (Å²) < 4.78 is 63.8. The summed E-state index contributed by atoms with van der Waals surface area (Å²) in [7, 11) is 0. The highest BCUT2D eigenvalue weighted by molar-refractivity contribution is 5.92. The highest BCUT2D eigenvalue weighted by atomic mass is 19.3. The number of anilines is 1. The molecule has 11 heteroatoms. The zero-order valence-corrected chi connectivity index (χ0v) is 17.7. The smallest absolute Gasteiger partial charge is 0.282 e. The van der Waals surface area contributed by atoms with E-state index >= 15 is 4.39 Å². The summed E-state index contributed by atoms with van der Waals surface area (Å²) in [5.41, 5.74) is -0.347. The number of amides is 1. The molecular weight excluding hydrogens is 437 g/mol. The Labute approximate surface area is 191 Å². The lowest BCUT2D eigenvalue weighted by atomic mass is 10.1. The van der Waals surface area contributed by atoms with Gasteiger partial charge in [-0.3, -0.25) is 14.5 Å². The maximum Gasteiger partial charge on any atom is 0.282 e. The summed E-state index contributed by atoms with van der Waals surface area (Å²) in [6.07, 6.45) is -2.98. The zero-order valence-electron chi connectivity index (χ0n) is 20.7. The molecule has 0 aliphatic carbocycles. The van der Waals surface area contributed by atoms with Gasteiger partial charge in [0.1, 0.15) is 22.6 Å². The average molecular weight is 463 g/mol. The highest BCUT2D eigenvalue weighted by Gasteiger charge is 2.25.